The lowest BCUT2D eigenvalue weighted by Gasteiger charge is -2.15. The minimum atomic E-state index is 0.0970. The molecule has 128 valence electrons. The number of anilines is 1. The van der Waals surface area contributed by atoms with E-state index in [1.807, 2.05) is 18.2 Å². The van der Waals surface area contributed by atoms with E-state index in [0.29, 0.717) is 23.0 Å². The molecular weight excluding hydrogens is 318 g/mol. The molecule has 2 aromatic heterocycles. The van der Waals surface area contributed by atoms with Gasteiger partial charge in [-0.3, -0.25) is 4.98 Å². The molecule has 3 aromatic rings. The predicted molar refractivity (Wildman–Crippen MR) is 94.6 cm³/mol. The van der Waals surface area contributed by atoms with Crippen molar-refractivity contribution in [3.63, 3.8) is 0 Å². The van der Waals surface area contributed by atoms with E-state index in [1.54, 1.807) is 18.6 Å². The number of ether oxygens (including phenoxy) is 2. The number of rotatable bonds is 6. The van der Waals surface area contributed by atoms with E-state index in [9.17, 15) is 0 Å². The maximum Gasteiger partial charge on any atom is 0.319 e. The zero-order valence-electron chi connectivity index (χ0n) is 14.3. The van der Waals surface area contributed by atoms with Gasteiger partial charge in [-0.2, -0.15) is 4.98 Å². The molecule has 0 unspecified atom stereocenters. The summed E-state index contributed by atoms with van der Waals surface area (Å²) in [6.45, 7) is 2.07. The molecule has 2 heterocycles. The molecule has 1 atom stereocenters. The van der Waals surface area contributed by atoms with Gasteiger partial charge >= 0.3 is 6.01 Å². The SMILES string of the molecule is COc1ncc(-c2cncc(N[C@H](C)c3ccccc3)n2)c(OC)n1. The van der Waals surface area contributed by atoms with Crippen molar-refractivity contribution in [2.45, 2.75) is 13.0 Å². The van der Waals surface area contributed by atoms with Crippen LogP contribution >= 0.6 is 0 Å². The largest absolute Gasteiger partial charge is 0.480 e. The number of nitrogens with zero attached hydrogens (tertiary/aromatic N) is 4. The molecule has 0 aliphatic carbocycles. The third-order valence-electron chi connectivity index (χ3n) is 3.68. The lowest BCUT2D eigenvalue weighted by atomic mass is 10.1. The van der Waals surface area contributed by atoms with Gasteiger partial charge in [-0.05, 0) is 12.5 Å². The summed E-state index contributed by atoms with van der Waals surface area (Å²) in [6, 6.07) is 10.5. The van der Waals surface area contributed by atoms with Crippen LogP contribution in [-0.4, -0.2) is 34.2 Å². The minimum Gasteiger partial charge on any atom is -0.480 e. The third-order valence-corrected chi connectivity index (χ3v) is 3.68. The highest BCUT2D eigenvalue weighted by Gasteiger charge is 2.13. The van der Waals surface area contributed by atoms with Crippen LogP contribution in [0, 0.1) is 0 Å². The van der Waals surface area contributed by atoms with Gasteiger partial charge in [0.25, 0.3) is 0 Å². The Balaban J connectivity index is 1.87. The van der Waals surface area contributed by atoms with Gasteiger partial charge < -0.3 is 14.8 Å². The standard InChI is InChI=1S/C18H19N5O2/c1-12(13-7-5-4-6-8-13)21-16-11-19-10-15(22-16)14-9-20-18(25-3)23-17(14)24-2/h4-12H,1-3H3,(H,21,22)/t12-/m1/s1. The van der Waals surface area contributed by atoms with Crippen molar-refractivity contribution in [3.05, 3.63) is 54.5 Å². The van der Waals surface area contributed by atoms with Gasteiger partial charge in [0, 0.05) is 12.2 Å². The molecule has 0 amide bonds. The Morgan fingerprint density at radius 3 is 2.48 bits per heavy atom. The average molecular weight is 337 g/mol. The Bertz CT molecular complexity index is 842. The van der Waals surface area contributed by atoms with Crippen molar-refractivity contribution < 1.29 is 9.47 Å². The molecule has 0 fully saturated rings. The first-order valence-corrected chi connectivity index (χ1v) is 7.80. The Hall–Kier alpha value is -3.22. The molecule has 0 spiro atoms. The van der Waals surface area contributed by atoms with Crippen LogP contribution < -0.4 is 14.8 Å². The summed E-state index contributed by atoms with van der Waals surface area (Å²) in [6.07, 6.45) is 4.94. The van der Waals surface area contributed by atoms with Crippen LogP contribution in [0.4, 0.5) is 5.82 Å². The van der Waals surface area contributed by atoms with E-state index in [-0.39, 0.29) is 12.1 Å². The van der Waals surface area contributed by atoms with Crippen LogP contribution in [0.15, 0.2) is 48.9 Å². The summed E-state index contributed by atoms with van der Waals surface area (Å²) in [7, 11) is 3.04. The van der Waals surface area contributed by atoms with E-state index in [4.69, 9.17) is 9.47 Å². The van der Waals surface area contributed by atoms with Gasteiger partial charge in [0.15, 0.2) is 0 Å². The van der Waals surface area contributed by atoms with Gasteiger partial charge in [0.2, 0.25) is 5.88 Å². The quantitative estimate of drug-likeness (QED) is 0.740. The molecule has 0 aliphatic heterocycles. The molecular formula is C18H19N5O2. The Morgan fingerprint density at radius 2 is 1.76 bits per heavy atom. The molecule has 1 aromatic carbocycles. The van der Waals surface area contributed by atoms with Gasteiger partial charge in [0.1, 0.15) is 5.82 Å². The van der Waals surface area contributed by atoms with Crippen molar-refractivity contribution >= 4 is 5.82 Å². The second-order valence-corrected chi connectivity index (χ2v) is 5.35. The highest BCUT2D eigenvalue weighted by molar-refractivity contribution is 5.64. The molecule has 7 nitrogen and oxygen atoms in total. The van der Waals surface area contributed by atoms with Gasteiger partial charge in [-0.25, -0.2) is 9.97 Å². The van der Waals surface area contributed by atoms with Crippen LogP contribution in [0.5, 0.6) is 11.9 Å². The molecule has 0 aliphatic rings. The predicted octanol–water partition coefficient (Wildman–Crippen LogP) is 3.12. The van der Waals surface area contributed by atoms with Crippen molar-refractivity contribution in [1.82, 2.24) is 19.9 Å². The minimum absolute atomic E-state index is 0.0970. The maximum absolute atomic E-state index is 5.31. The number of hydrogen-bond donors (Lipinski definition) is 1. The number of methoxy groups -OCH3 is 2. The Morgan fingerprint density at radius 1 is 0.960 bits per heavy atom. The topological polar surface area (TPSA) is 82.1 Å². The van der Waals surface area contributed by atoms with E-state index < -0.39 is 0 Å². The highest BCUT2D eigenvalue weighted by Crippen LogP contribution is 2.28. The number of hydrogen-bond acceptors (Lipinski definition) is 7. The summed E-state index contributed by atoms with van der Waals surface area (Å²) in [5.41, 5.74) is 2.43. The number of aromatic nitrogens is 4. The molecule has 1 N–H and O–H groups in total. The van der Waals surface area contributed by atoms with Gasteiger partial charge in [-0.15, -0.1) is 0 Å². The van der Waals surface area contributed by atoms with E-state index >= 15 is 0 Å². The van der Waals surface area contributed by atoms with Crippen molar-refractivity contribution in [3.8, 4) is 23.1 Å². The Labute approximate surface area is 146 Å². The first-order valence-electron chi connectivity index (χ1n) is 7.80. The van der Waals surface area contributed by atoms with Crippen molar-refractivity contribution in [1.29, 1.82) is 0 Å². The summed E-state index contributed by atoms with van der Waals surface area (Å²) in [5, 5.41) is 3.35. The zero-order chi connectivity index (χ0) is 17.6. The maximum atomic E-state index is 5.31. The highest BCUT2D eigenvalue weighted by atomic mass is 16.5. The molecule has 0 saturated carbocycles. The summed E-state index contributed by atoms with van der Waals surface area (Å²) < 4.78 is 10.3. The lowest BCUT2D eigenvalue weighted by Crippen LogP contribution is -2.08. The zero-order valence-corrected chi connectivity index (χ0v) is 14.3. The van der Waals surface area contributed by atoms with Gasteiger partial charge in [-0.1, -0.05) is 30.3 Å². The van der Waals surface area contributed by atoms with Crippen LogP contribution in [0.3, 0.4) is 0 Å². The molecule has 0 saturated heterocycles. The molecule has 3 rings (SSSR count). The summed E-state index contributed by atoms with van der Waals surface area (Å²) >= 11 is 0. The van der Waals surface area contributed by atoms with Crippen LogP contribution in [-0.2, 0) is 0 Å². The smallest absolute Gasteiger partial charge is 0.319 e. The summed E-state index contributed by atoms with van der Waals surface area (Å²) in [5.74, 6) is 1.04. The fraction of sp³-hybridized carbons (Fsp3) is 0.222. The third kappa shape index (κ3) is 3.82. The average Bonchev–Trinajstić information content (AvgIpc) is 2.68. The fourth-order valence-corrected chi connectivity index (χ4v) is 2.39. The first kappa shape index (κ1) is 16.6. The first-order chi connectivity index (χ1) is 12.2. The molecule has 0 bridgehead atoms. The van der Waals surface area contributed by atoms with Crippen molar-refractivity contribution in [2.24, 2.45) is 0 Å². The van der Waals surface area contributed by atoms with E-state index in [1.165, 1.54) is 19.8 Å². The second kappa shape index (κ2) is 7.57. The molecule has 7 heteroatoms. The van der Waals surface area contributed by atoms with E-state index in [2.05, 4.69) is 44.3 Å². The van der Waals surface area contributed by atoms with Crippen LogP contribution in [0.1, 0.15) is 18.5 Å². The monoisotopic (exact) mass is 337 g/mol. The fourth-order valence-electron chi connectivity index (χ4n) is 2.39. The van der Waals surface area contributed by atoms with Crippen LogP contribution in [0.25, 0.3) is 11.3 Å². The van der Waals surface area contributed by atoms with Crippen LogP contribution in [0.2, 0.25) is 0 Å². The molecule has 25 heavy (non-hydrogen) atoms. The van der Waals surface area contributed by atoms with E-state index in [0.717, 1.165) is 0 Å². The lowest BCUT2D eigenvalue weighted by molar-refractivity contribution is 0.353. The summed E-state index contributed by atoms with van der Waals surface area (Å²) in [4.78, 5) is 17.2. The van der Waals surface area contributed by atoms with Crippen molar-refractivity contribution in [2.75, 3.05) is 19.5 Å². The second-order valence-electron chi connectivity index (χ2n) is 5.35. The number of benzene rings is 1. The van der Waals surface area contributed by atoms with Gasteiger partial charge in [0.05, 0.1) is 37.9 Å². The molecule has 0 radical (unpaired) electrons. The Kier molecular flexibility index (Phi) is 5.03. The normalized spacial score (nSPS) is 11.6. The number of nitrogens with one attached hydrogen (secondary N) is 1.